The first-order valence-electron chi connectivity index (χ1n) is 9.41. The van der Waals surface area contributed by atoms with Gasteiger partial charge in [-0.3, -0.25) is 19.3 Å². The van der Waals surface area contributed by atoms with Crippen LogP contribution in [0, 0.1) is 0 Å². The summed E-state index contributed by atoms with van der Waals surface area (Å²) in [6.07, 6.45) is 0. The molecule has 0 fully saturated rings. The van der Waals surface area contributed by atoms with E-state index in [-0.39, 0.29) is 40.2 Å². The van der Waals surface area contributed by atoms with E-state index in [9.17, 15) is 14.4 Å². The lowest BCUT2D eigenvalue weighted by Gasteiger charge is -2.26. The number of nitrogens with zero attached hydrogens (tertiary/aromatic N) is 2. The van der Waals surface area contributed by atoms with Crippen molar-refractivity contribution < 1.29 is 23.9 Å². The predicted molar refractivity (Wildman–Crippen MR) is 110 cm³/mol. The number of halogens is 2. The van der Waals surface area contributed by atoms with Crippen LogP contribution in [0.1, 0.15) is 33.2 Å². The SMILES string of the molecule is CCN(Cc1cccc2c1OCCO2)C(=O)CN1C(=O)c2cc(Cl)c(Cl)cc2C1=O. The summed E-state index contributed by atoms with van der Waals surface area (Å²) in [4.78, 5) is 40.7. The third-order valence-electron chi connectivity index (χ3n) is 5.05. The molecule has 3 amide bonds. The molecule has 0 aromatic heterocycles. The van der Waals surface area contributed by atoms with Crippen molar-refractivity contribution in [2.75, 3.05) is 26.3 Å². The summed E-state index contributed by atoms with van der Waals surface area (Å²) in [6.45, 7) is 3.02. The van der Waals surface area contributed by atoms with Gasteiger partial charge in [0.1, 0.15) is 19.8 Å². The van der Waals surface area contributed by atoms with Gasteiger partial charge in [-0.15, -0.1) is 0 Å². The van der Waals surface area contributed by atoms with E-state index in [0.29, 0.717) is 31.3 Å². The minimum Gasteiger partial charge on any atom is -0.486 e. The molecule has 7 nitrogen and oxygen atoms in total. The van der Waals surface area contributed by atoms with Gasteiger partial charge in [0, 0.05) is 18.7 Å². The molecular formula is C21H18Cl2N2O5. The molecule has 30 heavy (non-hydrogen) atoms. The van der Waals surface area contributed by atoms with Crippen molar-refractivity contribution >= 4 is 40.9 Å². The number of carbonyl (C=O) groups excluding carboxylic acids is 3. The number of para-hydroxylation sites is 1. The first-order chi connectivity index (χ1) is 14.4. The van der Waals surface area contributed by atoms with E-state index in [1.54, 1.807) is 4.90 Å². The molecule has 0 saturated heterocycles. The standard InChI is InChI=1S/C21H18Cl2N2O5/c1-2-24(10-12-4-3-5-17-19(12)30-7-6-29-17)18(26)11-25-20(27)13-8-15(22)16(23)9-14(13)21(25)28/h3-5,8-9H,2,6-7,10-11H2,1H3. The van der Waals surface area contributed by atoms with Crippen LogP contribution in [-0.2, 0) is 11.3 Å². The Morgan fingerprint density at radius 2 is 1.70 bits per heavy atom. The zero-order chi connectivity index (χ0) is 21.4. The molecule has 2 aromatic rings. The van der Waals surface area contributed by atoms with Gasteiger partial charge in [-0.05, 0) is 25.1 Å². The van der Waals surface area contributed by atoms with Gasteiger partial charge in [0.15, 0.2) is 11.5 Å². The van der Waals surface area contributed by atoms with E-state index in [1.807, 2.05) is 25.1 Å². The van der Waals surface area contributed by atoms with Gasteiger partial charge in [0.05, 0.1) is 21.2 Å². The fraction of sp³-hybridized carbons (Fsp3) is 0.286. The van der Waals surface area contributed by atoms with Crippen LogP contribution < -0.4 is 9.47 Å². The molecule has 0 atom stereocenters. The highest BCUT2D eigenvalue weighted by atomic mass is 35.5. The lowest BCUT2D eigenvalue weighted by atomic mass is 10.1. The highest BCUT2D eigenvalue weighted by Crippen LogP contribution is 2.35. The maximum Gasteiger partial charge on any atom is 0.262 e. The van der Waals surface area contributed by atoms with Crippen LogP contribution in [0.25, 0.3) is 0 Å². The molecule has 2 aliphatic heterocycles. The normalized spacial score (nSPS) is 14.7. The maximum atomic E-state index is 12.9. The number of ether oxygens (including phenoxy) is 2. The first-order valence-corrected chi connectivity index (χ1v) is 10.2. The molecule has 0 spiro atoms. The second-order valence-corrected chi connectivity index (χ2v) is 7.67. The molecule has 2 aromatic carbocycles. The van der Waals surface area contributed by atoms with Gasteiger partial charge in [0.2, 0.25) is 5.91 Å². The fourth-order valence-corrected chi connectivity index (χ4v) is 3.83. The number of amides is 3. The number of benzene rings is 2. The van der Waals surface area contributed by atoms with Crippen LogP contribution in [0.2, 0.25) is 10.0 Å². The average Bonchev–Trinajstić information content (AvgIpc) is 2.96. The number of hydrogen-bond donors (Lipinski definition) is 0. The Morgan fingerprint density at radius 1 is 1.07 bits per heavy atom. The second-order valence-electron chi connectivity index (χ2n) is 6.86. The summed E-state index contributed by atoms with van der Waals surface area (Å²) < 4.78 is 11.3. The van der Waals surface area contributed by atoms with Gasteiger partial charge in [-0.2, -0.15) is 0 Å². The number of hydrogen-bond acceptors (Lipinski definition) is 5. The van der Waals surface area contributed by atoms with Gasteiger partial charge >= 0.3 is 0 Å². The largest absolute Gasteiger partial charge is 0.486 e. The van der Waals surface area contributed by atoms with Crippen molar-refractivity contribution in [3.05, 3.63) is 57.1 Å². The lowest BCUT2D eigenvalue weighted by molar-refractivity contribution is -0.131. The molecule has 9 heteroatoms. The summed E-state index contributed by atoms with van der Waals surface area (Å²) in [6, 6.07) is 8.21. The molecule has 0 saturated carbocycles. The fourth-order valence-electron chi connectivity index (χ4n) is 3.50. The van der Waals surface area contributed by atoms with E-state index in [1.165, 1.54) is 12.1 Å². The van der Waals surface area contributed by atoms with Crippen LogP contribution >= 0.6 is 23.2 Å². The van der Waals surface area contributed by atoms with Gasteiger partial charge in [-0.25, -0.2) is 0 Å². The maximum absolute atomic E-state index is 12.9. The monoisotopic (exact) mass is 448 g/mol. The molecule has 0 radical (unpaired) electrons. The van der Waals surface area contributed by atoms with Crippen LogP contribution in [0.5, 0.6) is 11.5 Å². The third-order valence-corrected chi connectivity index (χ3v) is 5.77. The summed E-state index contributed by atoms with van der Waals surface area (Å²) in [5.74, 6) is -0.242. The van der Waals surface area contributed by atoms with Gasteiger partial charge in [0.25, 0.3) is 11.8 Å². The second kappa shape index (κ2) is 8.16. The molecule has 0 aliphatic carbocycles. The summed E-state index contributed by atoms with van der Waals surface area (Å²) >= 11 is 11.9. The number of rotatable bonds is 5. The van der Waals surface area contributed by atoms with Crippen LogP contribution in [0.3, 0.4) is 0 Å². The van der Waals surface area contributed by atoms with E-state index in [4.69, 9.17) is 32.7 Å². The smallest absolute Gasteiger partial charge is 0.262 e. The summed E-state index contributed by atoms with van der Waals surface area (Å²) in [7, 11) is 0. The molecule has 0 N–H and O–H groups in total. The minimum absolute atomic E-state index is 0.146. The molecule has 0 bridgehead atoms. The Kier molecular flexibility index (Phi) is 5.58. The van der Waals surface area contributed by atoms with Gasteiger partial charge < -0.3 is 14.4 Å². The Bertz CT molecular complexity index is 1010. The first kappa shape index (κ1) is 20.5. The van der Waals surface area contributed by atoms with Crippen LogP contribution in [0.4, 0.5) is 0 Å². The topological polar surface area (TPSA) is 76.2 Å². The van der Waals surface area contributed by atoms with E-state index < -0.39 is 11.8 Å². The molecule has 4 rings (SSSR count). The number of likely N-dealkylation sites (N-methyl/N-ethyl adjacent to an activating group) is 1. The Morgan fingerprint density at radius 3 is 2.33 bits per heavy atom. The van der Waals surface area contributed by atoms with E-state index in [0.717, 1.165) is 10.5 Å². The average molecular weight is 449 g/mol. The van der Waals surface area contributed by atoms with Crippen molar-refractivity contribution in [2.24, 2.45) is 0 Å². The van der Waals surface area contributed by atoms with Crippen molar-refractivity contribution in [1.29, 1.82) is 0 Å². The van der Waals surface area contributed by atoms with Crippen molar-refractivity contribution in [1.82, 2.24) is 9.80 Å². The van der Waals surface area contributed by atoms with E-state index in [2.05, 4.69) is 0 Å². The highest BCUT2D eigenvalue weighted by Gasteiger charge is 2.38. The van der Waals surface area contributed by atoms with E-state index >= 15 is 0 Å². The highest BCUT2D eigenvalue weighted by molar-refractivity contribution is 6.43. The predicted octanol–water partition coefficient (Wildman–Crippen LogP) is 3.41. The Hall–Kier alpha value is -2.77. The van der Waals surface area contributed by atoms with Crippen molar-refractivity contribution in [2.45, 2.75) is 13.5 Å². The van der Waals surface area contributed by atoms with Crippen molar-refractivity contribution in [3.8, 4) is 11.5 Å². The zero-order valence-electron chi connectivity index (χ0n) is 16.1. The quantitative estimate of drug-likeness (QED) is 0.655. The molecular weight excluding hydrogens is 431 g/mol. The van der Waals surface area contributed by atoms with Crippen LogP contribution in [-0.4, -0.2) is 53.8 Å². The summed E-state index contributed by atoms with van der Waals surface area (Å²) in [5, 5.41) is 0.354. The number of imide groups is 1. The minimum atomic E-state index is -0.563. The molecule has 2 aliphatic rings. The molecule has 156 valence electrons. The van der Waals surface area contributed by atoms with Gasteiger partial charge in [-0.1, -0.05) is 35.3 Å². The molecule has 2 heterocycles. The zero-order valence-corrected chi connectivity index (χ0v) is 17.6. The van der Waals surface area contributed by atoms with Crippen molar-refractivity contribution in [3.63, 3.8) is 0 Å². The Labute approximate surface area is 183 Å². The summed E-state index contributed by atoms with van der Waals surface area (Å²) in [5.41, 5.74) is 1.09. The van der Waals surface area contributed by atoms with Crippen LogP contribution in [0.15, 0.2) is 30.3 Å². The third kappa shape index (κ3) is 3.59. The Balaban J connectivity index is 1.52. The molecule has 0 unspecified atom stereocenters. The number of carbonyl (C=O) groups is 3. The lowest BCUT2D eigenvalue weighted by Crippen LogP contribution is -2.42. The number of fused-ring (bicyclic) bond motifs is 2.